The summed E-state index contributed by atoms with van der Waals surface area (Å²) in [4.78, 5) is 4.28. The Morgan fingerprint density at radius 1 is 1.21 bits per heavy atom. The second-order valence-electron chi connectivity index (χ2n) is 3.13. The number of alkyl halides is 2. The largest absolute Gasteiger partial charge is 0.256 e. The Kier molecular flexibility index (Phi) is 3.19. The molecule has 0 spiro atoms. The first-order chi connectivity index (χ1) is 6.75. The van der Waals surface area contributed by atoms with Gasteiger partial charge in [-0.05, 0) is 30.2 Å². The first-order valence-corrected chi connectivity index (χ1v) is 6.20. The van der Waals surface area contributed by atoms with Crippen LogP contribution in [-0.4, -0.2) is 8.72 Å². The van der Waals surface area contributed by atoms with Crippen molar-refractivity contribution in [1.29, 1.82) is 0 Å². The average molecular weight is 315 g/mol. The fourth-order valence-corrected chi connectivity index (χ4v) is 2.18. The summed E-state index contributed by atoms with van der Waals surface area (Å²) in [6, 6.07) is 10.4. The van der Waals surface area contributed by atoms with Crippen molar-refractivity contribution in [3.8, 4) is 0 Å². The molecule has 0 saturated heterocycles. The Bertz CT molecular complexity index is 440. The van der Waals surface area contributed by atoms with E-state index in [1.165, 1.54) is 10.9 Å². The lowest BCUT2D eigenvalue weighted by molar-refractivity contribution is 1.14. The maximum absolute atomic E-state index is 4.28. The number of benzene rings is 1. The van der Waals surface area contributed by atoms with E-state index in [2.05, 4.69) is 61.1 Å². The molecule has 72 valence electrons. The van der Waals surface area contributed by atoms with E-state index in [-0.39, 0.29) is 0 Å². The minimum absolute atomic E-state index is 0.337. The number of rotatable bonds is 2. The van der Waals surface area contributed by atoms with Gasteiger partial charge in [0.25, 0.3) is 0 Å². The summed E-state index contributed by atoms with van der Waals surface area (Å²) in [6.45, 7) is 0. The monoisotopic (exact) mass is 313 g/mol. The van der Waals surface area contributed by atoms with Crippen molar-refractivity contribution in [3.63, 3.8) is 0 Å². The van der Waals surface area contributed by atoms with Gasteiger partial charge in [0.05, 0.1) is 9.25 Å². The van der Waals surface area contributed by atoms with Gasteiger partial charge in [-0.3, -0.25) is 4.98 Å². The van der Waals surface area contributed by atoms with Gasteiger partial charge < -0.3 is 0 Å². The molecule has 0 bridgehead atoms. The quantitative estimate of drug-likeness (QED) is 0.766. The third-order valence-corrected chi connectivity index (χ3v) is 2.70. The van der Waals surface area contributed by atoms with Crippen LogP contribution in [0.1, 0.15) is 5.56 Å². The Hall–Kier alpha value is -0.410. The van der Waals surface area contributed by atoms with Gasteiger partial charge in [-0.25, -0.2) is 0 Å². The molecule has 1 heterocycles. The Balaban J connectivity index is 2.41. The molecule has 0 unspecified atom stereocenters. The minimum Gasteiger partial charge on any atom is -0.256 e. The second kappa shape index (κ2) is 4.41. The number of fused-ring (bicyclic) bond motifs is 1. The van der Waals surface area contributed by atoms with Gasteiger partial charge in [0.1, 0.15) is 0 Å². The van der Waals surface area contributed by atoms with E-state index in [1.54, 1.807) is 0 Å². The normalized spacial score (nSPS) is 11.1. The highest BCUT2D eigenvalue weighted by Gasteiger charge is 2.01. The third-order valence-electron chi connectivity index (χ3n) is 2.06. The van der Waals surface area contributed by atoms with Gasteiger partial charge in [0.15, 0.2) is 0 Å². The minimum atomic E-state index is 0.337. The molecule has 0 N–H and O–H groups in total. The first-order valence-electron chi connectivity index (χ1n) is 4.37. The summed E-state index contributed by atoms with van der Waals surface area (Å²) >= 11 is 6.95. The van der Waals surface area contributed by atoms with E-state index in [0.29, 0.717) is 3.74 Å². The number of hydrogen-bond donors (Lipinski definition) is 0. The molecule has 0 amide bonds. The van der Waals surface area contributed by atoms with E-state index in [0.717, 1.165) is 11.9 Å². The van der Waals surface area contributed by atoms with Crippen molar-refractivity contribution in [2.75, 3.05) is 0 Å². The van der Waals surface area contributed by atoms with E-state index in [9.17, 15) is 0 Å². The topological polar surface area (TPSA) is 12.9 Å². The Labute approximate surface area is 99.8 Å². The van der Waals surface area contributed by atoms with E-state index >= 15 is 0 Å². The van der Waals surface area contributed by atoms with Gasteiger partial charge in [-0.15, -0.1) is 0 Å². The first kappa shape index (κ1) is 10.1. The standard InChI is InChI=1S/C11H9Br2N/c12-11(13)7-8-3-4-10-9(6-8)2-1-5-14-10/h1-6,11H,7H2. The van der Waals surface area contributed by atoms with Crippen LogP contribution in [0.4, 0.5) is 0 Å². The fraction of sp³-hybridized carbons (Fsp3) is 0.182. The van der Waals surface area contributed by atoms with E-state index < -0.39 is 0 Å². The number of nitrogens with zero attached hydrogens (tertiary/aromatic N) is 1. The van der Waals surface area contributed by atoms with Crippen molar-refractivity contribution in [2.45, 2.75) is 10.2 Å². The van der Waals surface area contributed by atoms with Crippen molar-refractivity contribution in [3.05, 3.63) is 42.1 Å². The van der Waals surface area contributed by atoms with Crippen LogP contribution in [0.3, 0.4) is 0 Å². The zero-order valence-corrected chi connectivity index (χ0v) is 10.6. The zero-order chi connectivity index (χ0) is 9.97. The summed E-state index contributed by atoms with van der Waals surface area (Å²) in [5.74, 6) is 0. The number of pyridine rings is 1. The lowest BCUT2D eigenvalue weighted by atomic mass is 10.1. The van der Waals surface area contributed by atoms with Crippen LogP contribution in [0, 0.1) is 0 Å². The van der Waals surface area contributed by atoms with E-state index in [1.807, 2.05) is 12.3 Å². The van der Waals surface area contributed by atoms with E-state index in [4.69, 9.17) is 0 Å². The van der Waals surface area contributed by atoms with Crippen LogP contribution in [0.15, 0.2) is 36.5 Å². The predicted molar refractivity (Wildman–Crippen MR) is 67.1 cm³/mol. The molecule has 0 atom stereocenters. The summed E-state index contributed by atoms with van der Waals surface area (Å²) in [5.41, 5.74) is 2.36. The van der Waals surface area contributed by atoms with Crippen molar-refractivity contribution >= 4 is 42.8 Å². The molecule has 0 radical (unpaired) electrons. The molecular weight excluding hydrogens is 306 g/mol. The van der Waals surface area contributed by atoms with Crippen molar-refractivity contribution in [1.82, 2.24) is 4.98 Å². The van der Waals surface area contributed by atoms with Gasteiger partial charge in [-0.1, -0.05) is 44.0 Å². The predicted octanol–water partition coefficient (Wildman–Crippen LogP) is 3.89. The third kappa shape index (κ3) is 2.34. The SMILES string of the molecule is BrC(Br)Cc1ccc2ncccc2c1. The van der Waals surface area contributed by atoms with Crippen LogP contribution < -0.4 is 0 Å². The molecule has 1 nitrogen and oxygen atoms in total. The van der Waals surface area contributed by atoms with Crippen molar-refractivity contribution < 1.29 is 0 Å². The molecule has 3 heteroatoms. The molecule has 14 heavy (non-hydrogen) atoms. The number of aromatic nitrogens is 1. The summed E-state index contributed by atoms with van der Waals surface area (Å²) < 4.78 is 0.337. The van der Waals surface area contributed by atoms with Gasteiger partial charge in [0, 0.05) is 11.6 Å². The smallest absolute Gasteiger partial charge is 0.0738 e. The maximum Gasteiger partial charge on any atom is 0.0738 e. The average Bonchev–Trinajstić information content (AvgIpc) is 2.17. The lowest BCUT2D eigenvalue weighted by Crippen LogP contribution is -1.92. The second-order valence-corrected chi connectivity index (χ2v) is 6.57. The number of hydrogen-bond acceptors (Lipinski definition) is 1. The highest BCUT2D eigenvalue weighted by Crippen LogP contribution is 2.19. The molecular formula is C11H9Br2N. The molecule has 0 aliphatic heterocycles. The Morgan fingerprint density at radius 2 is 2.07 bits per heavy atom. The van der Waals surface area contributed by atoms with Crippen LogP contribution in [0.5, 0.6) is 0 Å². The molecule has 0 aliphatic rings. The lowest BCUT2D eigenvalue weighted by Gasteiger charge is -2.03. The van der Waals surface area contributed by atoms with Gasteiger partial charge in [-0.2, -0.15) is 0 Å². The molecule has 0 aliphatic carbocycles. The molecule has 0 fully saturated rings. The highest BCUT2D eigenvalue weighted by atomic mass is 79.9. The molecule has 1 aromatic heterocycles. The zero-order valence-electron chi connectivity index (χ0n) is 7.45. The van der Waals surface area contributed by atoms with Crippen LogP contribution in [0.2, 0.25) is 0 Å². The van der Waals surface area contributed by atoms with Crippen LogP contribution in [-0.2, 0) is 6.42 Å². The molecule has 2 rings (SSSR count). The van der Waals surface area contributed by atoms with Crippen LogP contribution in [0.25, 0.3) is 10.9 Å². The maximum atomic E-state index is 4.28. The molecule has 1 aromatic carbocycles. The highest BCUT2D eigenvalue weighted by molar-refractivity contribution is 9.24. The molecule has 0 saturated carbocycles. The van der Waals surface area contributed by atoms with Gasteiger partial charge in [0.2, 0.25) is 0 Å². The summed E-state index contributed by atoms with van der Waals surface area (Å²) in [7, 11) is 0. The van der Waals surface area contributed by atoms with Crippen LogP contribution >= 0.6 is 31.9 Å². The Morgan fingerprint density at radius 3 is 2.86 bits per heavy atom. The molecule has 2 aromatic rings. The van der Waals surface area contributed by atoms with Gasteiger partial charge >= 0.3 is 0 Å². The summed E-state index contributed by atoms with van der Waals surface area (Å²) in [6.07, 6.45) is 2.80. The number of halogens is 2. The van der Waals surface area contributed by atoms with Crippen molar-refractivity contribution in [2.24, 2.45) is 0 Å². The summed E-state index contributed by atoms with van der Waals surface area (Å²) in [5, 5.41) is 1.20. The fourth-order valence-electron chi connectivity index (χ4n) is 1.43.